The van der Waals surface area contributed by atoms with E-state index in [0.29, 0.717) is 35.5 Å². The predicted molar refractivity (Wildman–Crippen MR) is 140 cm³/mol. The van der Waals surface area contributed by atoms with E-state index >= 15 is 0 Å². The molecule has 0 aliphatic rings. The number of hydrazone groups is 1. The van der Waals surface area contributed by atoms with Gasteiger partial charge < -0.3 is 14.2 Å². The predicted octanol–water partition coefficient (Wildman–Crippen LogP) is 6.19. The number of aryl methyl sites for hydroxylation is 1. The Morgan fingerprint density at radius 3 is 2.37 bits per heavy atom. The Bertz CT molecular complexity index is 1100. The molecule has 0 spiro atoms. The maximum atomic E-state index is 12.1. The van der Waals surface area contributed by atoms with Gasteiger partial charge in [0.25, 0.3) is 5.91 Å². The van der Waals surface area contributed by atoms with E-state index in [4.69, 9.17) is 25.8 Å². The minimum Gasteiger partial charge on any atom is -0.490 e. The Kier molecular flexibility index (Phi) is 10.5. The molecule has 1 N–H and O–H groups in total. The van der Waals surface area contributed by atoms with Gasteiger partial charge in [-0.15, -0.1) is 0 Å². The van der Waals surface area contributed by atoms with Crippen molar-refractivity contribution in [2.45, 2.75) is 39.7 Å². The van der Waals surface area contributed by atoms with E-state index in [1.807, 2.05) is 73.7 Å². The van der Waals surface area contributed by atoms with Crippen molar-refractivity contribution in [3.05, 3.63) is 88.4 Å². The molecule has 0 saturated carbocycles. The van der Waals surface area contributed by atoms with E-state index in [9.17, 15) is 4.79 Å². The van der Waals surface area contributed by atoms with Crippen LogP contribution in [0.25, 0.3) is 0 Å². The number of ether oxygens (including phenoxy) is 3. The number of carbonyl (C=O) groups excluding carboxylic acids is 1. The van der Waals surface area contributed by atoms with Crippen LogP contribution in [0.2, 0.25) is 5.02 Å². The van der Waals surface area contributed by atoms with Gasteiger partial charge in [-0.2, -0.15) is 5.10 Å². The van der Waals surface area contributed by atoms with Crippen LogP contribution in [0, 0.1) is 0 Å². The molecule has 0 aromatic heterocycles. The van der Waals surface area contributed by atoms with Gasteiger partial charge in [0.15, 0.2) is 18.1 Å². The largest absolute Gasteiger partial charge is 0.490 e. The first-order valence-corrected chi connectivity index (χ1v) is 12.1. The summed E-state index contributed by atoms with van der Waals surface area (Å²) in [5, 5.41) is 4.70. The van der Waals surface area contributed by atoms with Crippen molar-refractivity contribution in [1.82, 2.24) is 5.43 Å². The maximum absolute atomic E-state index is 12.1. The average Bonchev–Trinajstić information content (AvgIpc) is 2.87. The molecule has 0 radical (unpaired) electrons. The quantitative estimate of drug-likeness (QED) is 0.227. The molecule has 35 heavy (non-hydrogen) atoms. The zero-order valence-corrected chi connectivity index (χ0v) is 20.9. The van der Waals surface area contributed by atoms with Crippen molar-refractivity contribution in [2.75, 3.05) is 13.2 Å². The van der Waals surface area contributed by atoms with Gasteiger partial charge in [-0.1, -0.05) is 49.2 Å². The number of unbranched alkanes of at least 4 members (excludes halogenated alkanes) is 1. The molecule has 0 bridgehead atoms. The molecule has 7 heteroatoms. The molecule has 184 valence electrons. The van der Waals surface area contributed by atoms with Crippen molar-refractivity contribution in [1.29, 1.82) is 0 Å². The zero-order chi connectivity index (χ0) is 24.9. The molecule has 0 heterocycles. The summed E-state index contributed by atoms with van der Waals surface area (Å²) < 4.78 is 17.2. The monoisotopic (exact) mass is 494 g/mol. The molecule has 0 saturated heterocycles. The SMILES string of the molecule is CCCCc1ccc(OCC(=O)N/N=C\c2ccc(OCc3ccc(Cl)cc3)c(OCC)c2)cc1. The lowest BCUT2D eigenvalue weighted by atomic mass is 10.1. The van der Waals surface area contributed by atoms with Gasteiger partial charge in [-0.3, -0.25) is 4.79 Å². The Morgan fingerprint density at radius 1 is 0.914 bits per heavy atom. The third-order valence-corrected chi connectivity index (χ3v) is 5.34. The van der Waals surface area contributed by atoms with Crippen LogP contribution in [0.5, 0.6) is 17.2 Å². The molecular weight excluding hydrogens is 464 g/mol. The standard InChI is InChI=1S/C28H31ClN2O4/c1-3-5-6-21-9-14-25(15-10-21)34-20-28(32)31-30-18-23-11-16-26(27(17-23)33-4-2)35-19-22-7-12-24(29)13-8-22/h7-18H,3-6,19-20H2,1-2H3,(H,31,32)/b30-18-. The number of hydrogen-bond donors (Lipinski definition) is 1. The fraction of sp³-hybridized carbons (Fsp3) is 0.286. The van der Waals surface area contributed by atoms with E-state index < -0.39 is 0 Å². The number of nitrogens with one attached hydrogen (secondary N) is 1. The smallest absolute Gasteiger partial charge is 0.277 e. The van der Waals surface area contributed by atoms with Crippen LogP contribution in [-0.4, -0.2) is 25.3 Å². The molecule has 3 aromatic rings. The summed E-state index contributed by atoms with van der Waals surface area (Å²) in [6.45, 7) is 4.84. The van der Waals surface area contributed by atoms with E-state index in [1.54, 1.807) is 6.21 Å². The maximum Gasteiger partial charge on any atom is 0.277 e. The first-order chi connectivity index (χ1) is 17.1. The van der Waals surface area contributed by atoms with E-state index in [2.05, 4.69) is 17.5 Å². The number of amides is 1. The number of benzene rings is 3. The second kappa shape index (κ2) is 14.0. The Hall–Kier alpha value is -3.51. The normalized spacial score (nSPS) is 10.8. The topological polar surface area (TPSA) is 69.2 Å². The highest BCUT2D eigenvalue weighted by atomic mass is 35.5. The second-order valence-electron chi connectivity index (χ2n) is 7.88. The number of halogens is 1. The van der Waals surface area contributed by atoms with Gasteiger partial charge in [0.05, 0.1) is 12.8 Å². The molecule has 6 nitrogen and oxygen atoms in total. The van der Waals surface area contributed by atoms with Gasteiger partial charge in [0.2, 0.25) is 0 Å². The summed E-state index contributed by atoms with van der Waals surface area (Å²) in [4.78, 5) is 12.1. The summed E-state index contributed by atoms with van der Waals surface area (Å²) in [6, 6.07) is 20.8. The molecule has 1 amide bonds. The number of nitrogens with zero attached hydrogens (tertiary/aromatic N) is 1. The highest BCUT2D eigenvalue weighted by molar-refractivity contribution is 6.30. The fourth-order valence-electron chi connectivity index (χ4n) is 3.23. The van der Waals surface area contributed by atoms with Crippen LogP contribution in [0.15, 0.2) is 71.8 Å². The number of hydrogen-bond acceptors (Lipinski definition) is 5. The highest BCUT2D eigenvalue weighted by Crippen LogP contribution is 2.29. The average molecular weight is 495 g/mol. The minimum absolute atomic E-state index is 0.118. The molecule has 3 rings (SSSR count). The van der Waals surface area contributed by atoms with Crippen molar-refractivity contribution in [2.24, 2.45) is 5.10 Å². The van der Waals surface area contributed by atoms with Crippen LogP contribution in [0.1, 0.15) is 43.4 Å². The van der Waals surface area contributed by atoms with Gasteiger partial charge in [0.1, 0.15) is 12.4 Å². The van der Waals surface area contributed by atoms with Crippen LogP contribution < -0.4 is 19.6 Å². The lowest BCUT2D eigenvalue weighted by Crippen LogP contribution is -2.24. The summed E-state index contributed by atoms with van der Waals surface area (Å²) in [7, 11) is 0. The van der Waals surface area contributed by atoms with Crippen LogP contribution >= 0.6 is 11.6 Å². The van der Waals surface area contributed by atoms with Gasteiger partial charge in [-0.05, 0) is 78.9 Å². The van der Waals surface area contributed by atoms with Crippen LogP contribution in [-0.2, 0) is 17.8 Å². The molecule has 0 fully saturated rings. The van der Waals surface area contributed by atoms with Gasteiger partial charge in [0, 0.05) is 5.02 Å². The minimum atomic E-state index is -0.343. The fourth-order valence-corrected chi connectivity index (χ4v) is 3.35. The third-order valence-electron chi connectivity index (χ3n) is 5.09. The van der Waals surface area contributed by atoms with Crippen molar-refractivity contribution in [3.8, 4) is 17.2 Å². The summed E-state index contributed by atoms with van der Waals surface area (Å²) in [6.07, 6.45) is 4.92. The van der Waals surface area contributed by atoms with E-state index in [-0.39, 0.29) is 12.5 Å². The lowest BCUT2D eigenvalue weighted by Gasteiger charge is -2.12. The Labute approximate surface area is 211 Å². The van der Waals surface area contributed by atoms with E-state index in [1.165, 1.54) is 5.56 Å². The molecule has 3 aromatic carbocycles. The van der Waals surface area contributed by atoms with Crippen LogP contribution in [0.3, 0.4) is 0 Å². The molecular formula is C28H31ClN2O4. The van der Waals surface area contributed by atoms with Crippen molar-refractivity contribution >= 4 is 23.7 Å². The molecule has 0 atom stereocenters. The lowest BCUT2D eigenvalue weighted by molar-refractivity contribution is -0.123. The number of rotatable bonds is 13. The molecule has 0 aliphatic carbocycles. The Balaban J connectivity index is 1.49. The zero-order valence-electron chi connectivity index (χ0n) is 20.1. The first-order valence-electron chi connectivity index (χ1n) is 11.7. The first kappa shape index (κ1) is 26.1. The second-order valence-corrected chi connectivity index (χ2v) is 8.32. The summed E-state index contributed by atoms with van der Waals surface area (Å²) in [5.41, 5.74) is 5.51. The van der Waals surface area contributed by atoms with Crippen LogP contribution in [0.4, 0.5) is 0 Å². The van der Waals surface area contributed by atoms with E-state index in [0.717, 1.165) is 30.4 Å². The summed E-state index contributed by atoms with van der Waals surface area (Å²) >= 11 is 5.93. The molecule has 0 unspecified atom stereocenters. The number of carbonyl (C=O) groups is 1. The summed E-state index contributed by atoms with van der Waals surface area (Å²) in [5.74, 6) is 1.53. The van der Waals surface area contributed by atoms with Crippen molar-refractivity contribution in [3.63, 3.8) is 0 Å². The van der Waals surface area contributed by atoms with Crippen molar-refractivity contribution < 1.29 is 19.0 Å². The highest BCUT2D eigenvalue weighted by Gasteiger charge is 2.07. The third kappa shape index (κ3) is 8.98. The Morgan fingerprint density at radius 2 is 1.66 bits per heavy atom. The van der Waals surface area contributed by atoms with Gasteiger partial charge >= 0.3 is 0 Å². The molecule has 0 aliphatic heterocycles. The van der Waals surface area contributed by atoms with Gasteiger partial charge in [-0.25, -0.2) is 5.43 Å².